The fraction of sp³-hybridized carbons (Fsp3) is 0.588. The molecule has 1 aliphatic heterocycles. The highest BCUT2D eigenvalue weighted by molar-refractivity contribution is 7.89. The predicted molar refractivity (Wildman–Crippen MR) is 96.6 cm³/mol. The number of carbonyl (C=O) groups excluding carboxylic acids is 1. The Bertz CT molecular complexity index is 665. The Hall–Kier alpha value is -1.60. The molecular formula is C17H27N3O3S. The van der Waals surface area contributed by atoms with E-state index in [1.165, 1.54) is 9.87 Å². The summed E-state index contributed by atoms with van der Waals surface area (Å²) >= 11 is 0. The summed E-state index contributed by atoms with van der Waals surface area (Å²) in [6.07, 6.45) is 0. The molecule has 134 valence electrons. The van der Waals surface area contributed by atoms with Gasteiger partial charge in [-0.3, -0.25) is 4.79 Å². The SMILES string of the molecule is Cc1cccc(N2CCN(S(=O)(=O)CCNC(=O)C(C)C)CC2)c1. The van der Waals surface area contributed by atoms with Gasteiger partial charge in [0.1, 0.15) is 0 Å². The summed E-state index contributed by atoms with van der Waals surface area (Å²) in [4.78, 5) is 13.7. The summed E-state index contributed by atoms with van der Waals surface area (Å²) < 4.78 is 26.3. The molecule has 1 N–H and O–H groups in total. The first-order valence-corrected chi connectivity index (χ1v) is 9.97. The highest BCUT2D eigenvalue weighted by Crippen LogP contribution is 2.18. The van der Waals surface area contributed by atoms with E-state index in [4.69, 9.17) is 0 Å². The van der Waals surface area contributed by atoms with Crippen LogP contribution >= 0.6 is 0 Å². The van der Waals surface area contributed by atoms with Crippen molar-refractivity contribution in [3.05, 3.63) is 29.8 Å². The molecule has 0 radical (unpaired) electrons. The van der Waals surface area contributed by atoms with Crippen LogP contribution in [0, 0.1) is 12.8 Å². The van der Waals surface area contributed by atoms with Gasteiger partial charge >= 0.3 is 0 Å². The normalized spacial score (nSPS) is 16.4. The Morgan fingerprint density at radius 2 is 1.88 bits per heavy atom. The number of anilines is 1. The van der Waals surface area contributed by atoms with Gasteiger partial charge in [0.2, 0.25) is 15.9 Å². The van der Waals surface area contributed by atoms with Crippen LogP contribution in [0.3, 0.4) is 0 Å². The molecule has 24 heavy (non-hydrogen) atoms. The van der Waals surface area contributed by atoms with Gasteiger partial charge in [0.15, 0.2) is 0 Å². The number of hydrogen-bond donors (Lipinski definition) is 1. The average molecular weight is 353 g/mol. The molecule has 1 aliphatic rings. The van der Waals surface area contributed by atoms with E-state index in [2.05, 4.69) is 35.3 Å². The zero-order valence-electron chi connectivity index (χ0n) is 14.7. The number of benzene rings is 1. The van der Waals surface area contributed by atoms with Crippen LogP contribution in [0.1, 0.15) is 19.4 Å². The Morgan fingerprint density at radius 1 is 1.21 bits per heavy atom. The smallest absolute Gasteiger partial charge is 0.222 e. The predicted octanol–water partition coefficient (Wildman–Crippen LogP) is 1.22. The second kappa shape index (κ2) is 7.98. The Balaban J connectivity index is 1.85. The van der Waals surface area contributed by atoms with Crippen LogP contribution in [0.25, 0.3) is 0 Å². The maximum Gasteiger partial charge on any atom is 0.222 e. The van der Waals surface area contributed by atoms with Crippen molar-refractivity contribution in [3.63, 3.8) is 0 Å². The van der Waals surface area contributed by atoms with E-state index in [1.54, 1.807) is 13.8 Å². The quantitative estimate of drug-likeness (QED) is 0.835. The van der Waals surface area contributed by atoms with E-state index < -0.39 is 10.0 Å². The van der Waals surface area contributed by atoms with Crippen molar-refractivity contribution in [2.75, 3.05) is 43.4 Å². The lowest BCUT2D eigenvalue weighted by Crippen LogP contribution is -2.50. The maximum atomic E-state index is 12.4. The molecule has 1 aromatic rings. The van der Waals surface area contributed by atoms with Gasteiger partial charge in [-0.15, -0.1) is 0 Å². The second-order valence-electron chi connectivity index (χ2n) is 6.49. The van der Waals surface area contributed by atoms with Gasteiger partial charge in [0.05, 0.1) is 5.75 Å². The van der Waals surface area contributed by atoms with E-state index in [0.29, 0.717) is 26.2 Å². The van der Waals surface area contributed by atoms with Crippen molar-refractivity contribution >= 4 is 21.6 Å². The molecular weight excluding hydrogens is 326 g/mol. The lowest BCUT2D eigenvalue weighted by molar-refractivity contribution is -0.123. The molecule has 0 saturated carbocycles. The molecule has 2 rings (SSSR count). The van der Waals surface area contributed by atoms with Crippen LogP contribution < -0.4 is 10.2 Å². The number of hydrogen-bond acceptors (Lipinski definition) is 4. The topological polar surface area (TPSA) is 69.7 Å². The molecule has 0 spiro atoms. The van der Waals surface area contributed by atoms with Gasteiger partial charge in [-0.25, -0.2) is 8.42 Å². The van der Waals surface area contributed by atoms with Crippen LogP contribution in [0.2, 0.25) is 0 Å². The third-order valence-electron chi connectivity index (χ3n) is 4.18. The van der Waals surface area contributed by atoms with E-state index in [1.807, 2.05) is 6.07 Å². The number of nitrogens with one attached hydrogen (secondary N) is 1. The van der Waals surface area contributed by atoms with Crippen molar-refractivity contribution in [3.8, 4) is 0 Å². The molecule has 0 aliphatic carbocycles. The summed E-state index contributed by atoms with van der Waals surface area (Å²) in [5, 5.41) is 2.66. The van der Waals surface area contributed by atoms with Gasteiger partial charge < -0.3 is 10.2 Å². The highest BCUT2D eigenvalue weighted by atomic mass is 32.2. The first-order valence-electron chi connectivity index (χ1n) is 8.37. The van der Waals surface area contributed by atoms with E-state index in [9.17, 15) is 13.2 Å². The molecule has 7 heteroatoms. The molecule has 0 atom stereocenters. The minimum atomic E-state index is -3.33. The first-order chi connectivity index (χ1) is 11.3. The standard InChI is InChI=1S/C17H27N3O3S/c1-14(2)17(21)18-7-12-24(22,23)20-10-8-19(9-11-20)16-6-4-5-15(3)13-16/h4-6,13-14H,7-12H2,1-3H3,(H,18,21). The Labute approximate surface area is 144 Å². The lowest BCUT2D eigenvalue weighted by Gasteiger charge is -2.35. The van der Waals surface area contributed by atoms with E-state index >= 15 is 0 Å². The number of amides is 1. The number of rotatable bonds is 6. The molecule has 0 unspecified atom stereocenters. The zero-order valence-corrected chi connectivity index (χ0v) is 15.5. The van der Waals surface area contributed by atoms with Gasteiger partial charge in [0, 0.05) is 44.3 Å². The molecule has 0 bridgehead atoms. The van der Waals surface area contributed by atoms with Crippen LogP contribution in [0.4, 0.5) is 5.69 Å². The zero-order chi connectivity index (χ0) is 17.7. The highest BCUT2D eigenvalue weighted by Gasteiger charge is 2.26. The number of carbonyl (C=O) groups is 1. The van der Waals surface area contributed by atoms with Crippen LogP contribution in [-0.2, 0) is 14.8 Å². The molecule has 1 heterocycles. The number of aryl methyl sites for hydroxylation is 1. The number of sulfonamides is 1. The fourth-order valence-electron chi connectivity index (χ4n) is 2.69. The lowest BCUT2D eigenvalue weighted by atomic mass is 10.2. The van der Waals surface area contributed by atoms with Gasteiger partial charge in [-0.2, -0.15) is 4.31 Å². The summed E-state index contributed by atoms with van der Waals surface area (Å²) in [6, 6.07) is 8.24. The van der Waals surface area contributed by atoms with E-state index in [-0.39, 0.29) is 24.1 Å². The molecule has 1 amide bonds. The second-order valence-corrected chi connectivity index (χ2v) is 8.58. The third kappa shape index (κ3) is 4.95. The molecule has 0 aromatic heterocycles. The van der Waals surface area contributed by atoms with Crippen molar-refractivity contribution in [1.29, 1.82) is 0 Å². The van der Waals surface area contributed by atoms with Crippen molar-refractivity contribution in [2.24, 2.45) is 5.92 Å². The summed E-state index contributed by atoms with van der Waals surface area (Å²) in [7, 11) is -3.33. The largest absolute Gasteiger partial charge is 0.369 e. The summed E-state index contributed by atoms with van der Waals surface area (Å²) in [6.45, 7) is 8.11. The van der Waals surface area contributed by atoms with Gasteiger partial charge in [0.25, 0.3) is 0 Å². The fourth-order valence-corrected chi connectivity index (χ4v) is 4.02. The van der Waals surface area contributed by atoms with Gasteiger partial charge in [-0.05, 0) is 24.6 Å². The molecule has 1 aromatic carbocycles. The molecule has 1 saturated heterocycles. The molecule has 1 fully saturated rings. The van der Waals surface area contributed by atoms with E-state index in [0.717, 1.165) is 5.69 Å². The minimum absolute atomic E-state index is 0.0457. The maximum absolute atomic E-state index is 12.4. The first kappa shape index (κ1) is 18.7. The Morgan fingerprint density at radius 3 is 2.46 bits per heavy atom. The van der Waals surface area contributed by atoms with Crippen LogP contribution in [0.15, 0.2) is 24.3 Å². The summed E-state index contributed by atoms with van der Waals surface area (Å²) in [5.74, 6) is -0.296. The number of nitrogens with zero attached hydrogens (tertiary/aromatic N) is 2. The number of piperazine rings is 1. The Kier molecular flexibility index (Phi) is 6.23. The van der Waals surface area contributed by atoms with Crippen molar-refractivity contribution in [2.45, 2.75) is 20.8 Å². The van der Waals surface area contributed by atoms with Crippen molar-refractivity contribution < 1.29 is 13.2 Å². The van der Waals surface area contributed by atoms with Crippen LogP contribution in [-0.4, -0.2) is 57.1 Å². The summed E-state index contributed by atoms with van der Waals surface area (Å²) in [5.41, 5.74) is 2.33. The third-order valence-corrected chi connectivity index (χ3v) is 6.05. The molecule has 6 nitrogen and oxygen atoms in total. The van der Waals surface area contributed by atoms with Crippen LogP contribution in [0.5, 0.6) is 0 Å². The monoisotopic (exact) mass is 353 g/mol. The van der Waals surface area contributed by atoms with Gasteiger partial charge in [-0.1, -0.05) is 26.0 Å². The minimum Gasteiger partial charge on any atom is -0.369 e. The average Bonchev–Trinajstić information content (AvgIpc) is 2.54. The van der Waals surface area contributed by atoms with Crippen molar-refractivity contribution in [1.82, 2.24) is 9.62 Å².